The Hall–Kier alpha value is -0.880. The number of hydrogen-bond acceptors (Lipinski definition) is 2. The van der Waals surface area contributed by atoms with Gasteiger partial charge in [-0.2, -0.15) is 0 Å². The predicted octanol–water partition coefficient (Wildman–Crippen LogP) is -0.710. The molecule has 0 spiro atoms. The first-order valence-electron chi connectivity index (χ1n) is 3.08. The molecular formula is C6H7BrN3OS+. The lowest BCUT2D eigenvalue weighted by atomic mass is 10.5. The molecule has 0 aliphatic heterocycles. The standard InChI is InChI=1S/C6H6BrN3OS/c7-5-2-1-4(11-5)3-9-10-6(8)12/h1-3H,(H3,8,10,12)/p+1. The van der Waals surface area contributed by atoms with E-state index in [2.05, 4.69) is 38.7 Å². The third-order valence-corrected chi connectivity index (χ3v) is 1.53. The highest BCUT2D eigenvalue weighted by atomic mass is 79.9. The summed E-state index contributed by atoms with van der Waals surface area (Å²) >= 11 is 7.73. The van der Waals surface area contributed by atoms with Gasteiger partial charge in [0.25, 0.3) is 0 Å². The van der Waals surface area contributed by atoms with Gasteiger partial charge in [-0.1, -0.05) is 0 Å². The van der Waals surface area contributed by atoms with Crippen molar-refractivity contribution in [3.63, 3.8) is 0 Å². The van der Waals surface area contributed by atoms with Crippen molar-refractivity contribution in [2.24, 2.45) is 5.73 Å². The summed E-state index contributed by atoms with van der Waals surface area (Å²) in [5.41, 5.74) is 7.69. The molecule has 0 fully saturated rings. The molecule has 1 aromatic heterocycles. The maximum absolute atomic E-state index is 5.16. The van der Waals surface area contributed by atoms with Gasteiger partial charge in [0.1, 0.15) is 0 Å². The highest BCUT2D eigenvalue weighted by Crippen LogP contribution is 2.11. The normalized spacial score (nSPS) is 10.4. The molecule has 1 aromatic rings. The maximum atomic E-state index is 5.16. The van der Waals surface area contributed by atoms with E-state index in [0.717, 1.165) is 0 Å². The second-order valence-electron chi connectivity index (χ2n) is 1.92. The van der Waals surface area contributed by atoms with Crippen molar-refractivity contribution in [2.75, 3.05) is 0 Å². The number of nitrogens with one attached hydrogen (secondary N) is 2. The summed E-state index contributed by atoms with van der Waals surface area (Å²) in [7, 11) is 0. The van der Waals surface area contributed by atoms with Crippen molar-refractivity contribution in [1.29, 1.82) is 0 Å². The van der Waals surface area contributed by atoms with Crippen LogP contribution in [0.1, 0.15) is 5.76 Å². The Morgan fingerprint density at radius 2 is 2.50 bits per heavy atom. The van der Waals surface area contributed by atoms with Crippen molar-refractivity contribution in [1.82, 2.24) is 5.43 Å². The fourth-order valence-electron chi connectivity index (χ4n) is 0.584. The second-order valence-corrected chi connectivity index (χ2v) is 3.14. The molecule has 4 N–H and O–H groups in total. The van der Waals surface area contributed by atoms with Gasteiger partial charge in [0.05, 0.1) is 0 Å². The van der Waals surface area contributed by atoms with E-state index in [4.69, 9.17) is 10.2 Å². The van der Waals surface area contributed by atoms with Crippen LogP contribution in [-0.4, -0.2) is 11.3 Å². The summed E-state index contributed by atoms with van der Waals surface area (Å²) in [4.78, 5) is 0. The summed E-state index contributed by atoms with van der Waals surface area (Å²) in [5.74, 6) is 0.672. The minimum atomic E-state index is 0.178. The summed E-state index contributed by atoms with van der Waals surface area (Å²) in [6.07, 6.45) is 1.60. The van der Waals surface area contributed by atoms with E-state index < -0.39 is 0 Å². The summed E-state index contributed by atoms with van der Waals surface area (Å²) in [6.45, 7) is 0. The van der Waals surface area contributed by atoms with E-state index in [1.165, 1.54) is 0 Å². The van der Waals surface area contributed by atoms with Crippen molar-refractivity contribution >= 4 is 39.5 Å². The molecule has 12 heavy (non-hydrogen) atoms. The van der Waals surface area contributed by atoms with Crippen molar-refractivity contribution in [2.45, 2.75) is 0 Å². The van der Waals surface area contributed by atoms with E-state index in [9.17, 15) is 0 Å². The number of hydrazine groups is 1. The van der Waals surface area contributed by atoms with Crippen LogP contribution in [0.25, 0.3) is 0 Å². The minimum absolute atomic E-state index is 0.178. The molecule has 0 saturated carbocycles. The van der Waals surface area contributed by atoms with Crippen LogP contribution < -0.4 is 16.3 Å². The van der Waals surface area contributed by atoms with Gasteiger partial charge in [0.2, 0.25) is 11.3 Å². The molecule has 0 unspecified atom stereocenters. The second kappa shape index (κ2) is 4.22. The van der Waals surface area contributed by atoms with Gasteiger partial charge in [0, 0.05) is 0 Å². The van der Waals surface area contributed by atoms with Gasteiger partial charge in [-0.05, 0) is 40.3 Å². The number of rotatable bonds is 2. The Morgan fingerprint density at radius 1 is 1.75 bits per heavy atom. The Bertz CT molecular complexity index is 309. The topological polar surface area (TPSA) is 65.2 Å². The van der Waals surface area contributed by atoms with E-state index in [1.54, 1.807) is 18.3 Å². The lowest BCUT2D eigenvalue weighted by Crippen LogP contribution is -2.82. The fraction of sp³-hybridized carbons (Fsp3) is 0. The summed E-state index contributed by atoms with van der Waals surface area (Å²) in [5, 5.41) is 2.84. The number of thiocarbonyl (C=S) groups is 1. The van der Waals surface area contributed by atoms with Gasteiger partial charge >= 0.3 is 0 Å². The molecule has 0 aliphatic rings. The molecule has 0 bridgehead atoms. The third-order valence-electron chi connectivity index (χ3n) is 1.00. The third kappa shape index (κ3) is 3.02. The van der Waals surface area contributed by atoms with E-state index in [1.807, 2.05) is 0 Å². The van der Waals surface area contributed by atoms with Crippen molar-refractivity contribution < 1.29 is 9.52 Å². The Balaban J connectivity index is 2.52. The Morgan fingerprint density at radius 3 is 3.00 bits per heavy atom. The van der Waals surface area contributed by atoms with Crippen LogP contribution in [0, 0.1) is 0 Å². The number of hydrazone groups is 1. The summed E-state index contributed by atoms with van der Waals surface area (Å²) in [6, 6.07) is 3.58. The molecule has 0 radical (unpaired) electrons. The van der Waals surface area contributed by atoms with E-state index in [-0.39, 0.29) is 5.11 Å². The van der Waals surface area contributed by atoms with Crippen LogP contribution in [0.5, 0.6) is 0 Å². The van der Waals surface area contributed by atoms with E-state index >= 15 is 0 Å². The molecule has 64 valence electrons. The molecule has 1 heterocycles. The van der Waals surface area contributed by atoms with Crippen LogP contribution in [0.3, 0.4) is 0 Å². The molecule has 6 heteroatoms. The average Bonchev–Trinajstić information content (AvgIpc) is 2.35. The van der Waals surface area contributed by atoms with Gasteiger partial charge in [0.15, 0.2) is 10.4 Å². The number of nitrogens with two attached hydrogens (primary N) is 1. The molecule has 0 amide bonds. The maximum Gasteiger partial charge on any atom is 0.233 e. The van der Waals surface area contributed by atoms with E-state index in [0.29, 0.717) is 10.4 Å². The fourth-order valence-corrected chi connectivity index (χ4v) is 0.962. The largest absolute Gasteiger partial charge is 0.444 e. The van der Waals surface area contributed by atoms with Gasteiger partial charge < -0.3 is 10.2 Å². The predicted molar refractivity (Wildman–Crippen MR) is 52.5 cm³/mol. The van der Waals surface area contributed by atoms with Crippen molar-refractivity contribution in [3.8, 4) is 0 Å². The first kappa shape index (κ1) is 9.21. The highest BCUT2D eigenvalue weighted by molar-refractivity contribution is 9.10. The van der Waals surface area contributed by atoms with Crippen LogP contribution in [0.4, 0.5) is 0 Å². The van der Waals surface area contributed by atoms with Crippen LogP contribution in [0.2, 0.25) is 0 Å². The van der Waals surface area contributed by atoms with Gasteiger partial charge in [-0.15, -0.1) is 10.5 Å². The van der Waals surface area contributed by atoms with Crippen LogP contribution >= 0.6 is 28.1 Å². The van der Waals surface area contributed by atoms with Gasteiger partial charge in [-0.3, -0.25) is 0 Å². The minimum Gasteiger partial charge on any atom is -0.444 e. The highest BCUT2D eigenvalue weighted by Gasteiger charge is 1.97. The molecular weight excluding hydrogens is 242 g/mol. The average molecular weight is 249 g/mol. The lowest BCUT2D eigenvalue weighted by Gasteiger charge is -1.84. The Kier molecular flexibility index (Phi) is 3.24. The Labute approximate surface area is 82.9 Å². The molecule has 0 saturated heterocycles. The first-order chi connectivity index (χ1) is 5.68. The number of furan rings is 1. The zero-order chi connectivity index (χ0) is 8.97. The molecule has 4 nitrogen and oxygen atoms in total. The molecule has 0 atom stereocenters. The monoisotopic (exact) mass is 248 g/mol. The SMILES string of the molecule is NC(=S)N[NH+]=Cc1ccc(Br)o1. The van der Waals surface area contributed by atoms with Crippen LogP contribution in [0.15, 0.2) is 21.2 Å². The first-order valence-corrected chi connectivity index (χ1v) is 4.28. The van der Waals surface area contributed by atoms with Crippen molar-refractivity contribution in [3.05, 3.63) is 22.6 Å². The number of halogens is 1. The smallest absolute Gasteiger partial charge is 0.233 e. The van der Waals surface area contributed by atoms with Gasteiger partial charge in [-0.25, -0.2) is 0 Å². The zero-order valence-electron chi connectivity index (χ0n) is 6.00. The molecule has 0 aromatic carbocycles. The van der Waals surface area contributed by atoms with Crippen LogP contribution in [-0.2, 0) is 0 Å². The number of hydrogen-bond donors (Lipinski definition) is 3. The lowest BCUT2D eigenvalue weighted by molar-refractivity contribution is -0.500. The summed E-state index contributed by atoms with van der Waals surface area (Å²) < 4.78 is 5.81. The molecule has 1 rings (SSSR count). The quantitative estimate of drug-likeness (QED) is 0.368. The molecule has 0 aliphatic carbocycles. The zero-order valence-corrected chi connectivity index (χ0v) is 8.41.